The van der Waals surface area contributed by atoms with Crippen molar-refractivity contribution in [3.05, 3.63) is 42.2 Å². The number of aromatic nitrogens is 2. The molecular formula is C26H30Cl2N2O2. The van der Waals surface area contributed by atoms with Gasteiger partial charge in [-0.25, -0.2) is 9.97 Å². The SMILES string of the molecule is CCCCCCCCc1cnc(-c2ccc(OC(=O)[C@@H]3C[C@@]34C(Cl)(Cl)C43CC3)cc2)nc1. The molecule has 3 aliphatic rings. The van der Waals surface area contributed by atoms with Crippen molar-refractivity contribution in [2.45, 2.75) is 75.5 Å². The van der Waals surface area contributed by atoms with Crippen LogP contribution in [0.1, 0.15) is 70.3 Å². The first kappa shape index (κ1) is 22.2. The number of unbranched alkanes of at least 4 members (excludes halogenated alkanes) is 5. The fourth-order valence-electron chi connectivity index (χ4n) is 5.61. The number of fused-ring (bicyclic) bond motifs is 1. The van der Waals surface area contributed by atoms with Gasteiger partial charge in [-0.2, -0.15) is 0 Å². The Kier molecular flexibility index (Phi) is 5.74. The first-order valence-electron chi connectivity index (χ1n) is 12.0. The smallest absolute Gasteiger partial charge is 0.315 e. The number of hydrogen-bond donors (Lipinski definition) is 0. The maximum absolute atomic E-state index is 12.6. The number of nitrogens with zero attached hydrogens (tertiary/aromatic N) is 2. The van der Waals surface area contributed by atoms with Crippen LogP contribution in [0.4, 0.5) is 0 Å². The van der Waals surface area contributed by atoms with Crippen molar-refractivity contribution in [1.29, 1.82) is 0 Å². The zero-order valence-corrected chi connectivity index (χ0v) is 20.1. The summed E-state index contributed by atoms with van der Waals surface area (Å²) in [4.78, 5) is 21.7. The Morgan fingerprint density at radius 2 is 1.69 bits per heavy atom. The van der Waals surface area contributed by atoms with Gasteiger partial charge in [-0.3, -0.25) is 4.79 Å². The van der Waals surface area contributed by atoms with E-state index >= 15 is 0 Å². The van der Waals surface area contributed by atoms with Crippen molar-refractivity contribution < 1.29 is 9.53 Å². The van der Waals surface area contributed by atoms with E-state index < -0.39 is 4.33 Å². The number of halogens is 2. The largest absolute Gasteiger partial charge is 0.426 e. The third kappa shape index (κ3) is 3.54. The summed E-state index contributed by atoms with van der Waals surface area (Å²) < 4.78 is 4.88. The van der Waals surface area contributed by atoms with E-state index in [1.165, 1.54) is 44.1 Å². The second-order valence-electron chi connectivity index (χ2n) is 9.76. The molecule has 2 spiro atoms. The molecule has 3 aliphatic carbocycles. The summed E-state index contributed by atoms with van der Waals surface area (Å²) in [6.07, 6.45) is 15.4. The first-order valence-corrected chi connectivity index (χ1v) is 12.7. The summed E-state index contributed by atoms with van der Waals surface area (Å²) in [5.74, 6) is 0.809. The molecule has 0 bridgehead atoms. The van der Waals surface area contributed by atoms with Gasteiger partial charge < -0.3 is 4.74 Å². The van der Waals surface area contributed by atoms with E-state index in [2.05, 4.69) is 16.9 Å². The molecule has 0 aliphatic heterocycles. The predicted molar refractivity (Wildman–Crippen MR) is 127 cm³/mol. The molecule has 5 rings (SSSR count). The lowest BCUT2D eigenvalue weighted by Crippen LogP contribution is -2.13. The summed E-state index contributed by atoms with van der Waals surface area (Å²) in [6, 6.07) is 7.37. The molecule has 2 atom stereocenters. The number of benzene rings is 1. The maximum Gasteiger partial charge on any atom is 0.315 e. The Morgan fingerprint density at radius 3 is 2.31 bits per heavy atom. The average molecular weight is 473 g/mol. The molecule has 1 heterocycles. The highest BCUT2D eigenvalue weighted by Gasteiger charge is 3.00. The topological polar surface area (TPSA) is 52.1 Å². The van der Waals surface area contributed by atoms with E-state index in [9.17, 15) is 4.79 Å². The third-order valence-corrected chi connectivity index (χ3v) is 9.20. The number of alkyl halides is 2. The molecule has 0 saturated heterocycles. The second-order valence-corrected chi connectivity index (χ2v) is 11.1. The average Bonchev–Trinajstić information content (AvgIpc) is 3.70. The van der Waals surface area contributed by atoms with E-state index in [-0.39, 0.29) is 22.7 Å². The Balaban J connectivity index is 1.11. The number of carbonyl (C=O) groups excluding carboxylic acids is 1. The minimum absolute atomic E-state index is 0.0186. The van der Waals surface area contributed by atoms with Gasteiger partial charge in [-0.1, -0.05) is 39.0 Å². The Labute approximate surface area is 200 Å². The molecule has 1 aromatic carbocycles. The quantitative estimate of drug-likeness (QED) is 0.163. The van der Waals surface area contributed by atoms with E-state index in [1.54, 1.807) is 12.1 Å². The minimum atomic E-state index is -0.744. The summed E-state index contributed by atoms with van der Waals surface area (Å²) in [6.45, 7) is 2.24. The van der Waals surface area contributed by atoms with Gasteiger partial charge in [0.2, 0.25) is 0 Å². The van der Waals surface area contributed by atoms with Crippen molar-refractivity contribution in [3.8, 4) is 17.1 Å². The fraction of sp³-hybridized carbons (Fsp3) is 0.577. The lowest BCUT2D eigenvalue weighted by Gasteiger charge is -2.06. The molecular weight excluding hydrogens is 443 g/mol. The monoisotopic (exact) mass is 472 g/mol. The van der Waals surface area contributed by atoms with Gasteiger partial charge in [0.15, 0.2) is 5.82 Å². The molecule has 2 aromatic rings. The molecule has 32 heavy (non-hydrogen) atoms. The zero-order valence-electron chi connectivity index (χ0n) is 18.6. The van der Waals surface area contributed by atoms with Crippen LogP contribution in [-0.4, -0.2) is 20.3 Å². The first-order chi connectivity index (χ1) is 15.4. The molecule has 170 valence electrons. The van der Waals surface area contributed by atoms with Gasteiger partial charge in [0.05, 0.1) is 5.92 Å². The minimum Gasteiger partial charge on any atom is -0.426 e. The molecule has 4 nitrogen and oxygen atoms in total. The lowest BCUT2D eigenvalue weighted by molar-refractivity contribution is -0.136. The normalized spacial score (nSPS) is 25.7. The van der Waals surface area contributed by atoms with Crippen LogP contribution in [0.3, 0.4) is 0 Å². The van der Waals surface area contributed by atoms with Crippen LogP contribution in [0.2, 0.25) is 0 Å². The highest BCUT2D eigenvalue weighted by Crippen LogP contribution is 2.99. The Morgan fingerprint density at radius 1 is 1.03 bits per heavy atom. The molecule has 0 amide bonds. The van der Waals surface area contributed by atoms with Gasteiger partial charge in [0.25, 0.3) is 0 Å². The van der Waals surface area contributed by atoms with Crippen LogP contribution in [0, 0.1) is 16.7 Å². The maximum atomic E-state index is 12.6. The van der Waals surface area contributed by atoms with E-state index in [1.807, 2.05) is 24.5 Å². The number of ether oxygens (including phenoxy) is 1. The van der Waals surface area contributed by atoms with Crippen molar-refractivity contribution in [3.63, 3.8) is 0 Å². The van der Waals surface area contributed by atoms with Crippen molar-refractivity contribution >= 4 is 29.2 Å². The van der Waals surface area contributed by atoms with Crippen molar-refractivity contribution in [2.24, 2.45) is 16.7 Å². The lowest BCUT2D eigenvalue weighted by atomic mass is 10.1. The molecule has 0 N–H and O–H groups in total. The van der Waals surface area contributed by atoms with E-state index in [0.29, 0.717) is 11.6 Å². The van der Waals surface area contributed by atoms with Crippen molar-refractivity contribution in [1.82, 2.24) is 9.97 Å². The highest BCUT2D eigenvalue weighted by atomic mass is 35.5. The van der Waals surface area contributed by atoms with E-state index in [0.717, 1.165) is 31.2 Å². The molecule has 0 unspecified atom stereocenters. The molecule has 3 saturated carbocycles. The Bertz CT molecular complexity index is 980. The van der Waals surface area contributed by atoms with Crippen LogP contribution in [0.25, 0.3) is 11.4 Å². The Hall–Kier alpha value is -1.65. The van der Waals surface area contributed by atoms with Crippen LogP contribution >= 0.6 is 23.2 Å². The third-order valence-electron chi connectivity index (χ3n) is 7.80. The van der Waals surface area contributed by atoms with Crippen LogP contribution in [0.15, 0.2) is 36.7 Å². The van der Waals surface area contributed by atoms with Crippen LogP contribution < -0.4 is 4.74 Å². The predicted octanol–water partition coefficient (Wildman–Crippen LogP) is 6.93. The zero-order chi connectivity index (χ0) is 22.4. The van der Waals surface area contributed by atoms with Crippen molar-refractivity contribution in [2.75, 3.05) is 0 Å². The highest BCUT2D eigenvalue weighted by molar-refractivity contribution is 6.53. The number of carbonyl (C=O) groups is 1. The number of hydrogen-bond acceptors (Lipinski definition) is 4. The number of aryl methyl sites for hydroxylation is 1. The fourth-order valence-corrected chi connectivity index (χ4v) is 7.01. The summed E-state index contributed by atoms with van der Waals surface area (Å²) >= 11 is 13.0. The van der Waals surface area contributed by atoms with Crippen LogP contribution in [-0.2, 0) is 11.2 Å². The molecule has 3 fully saturated rings. The van der Waals surface area contributed by atoms with Gasteiger partial charge >= 0.3 is 5.97 Å². The summed E-state index contributed by atoms with van der Waals surface area (Å²) in [5, 5.41) is 0. The van der Waals surface area contributed by atoms with Gasteiger partial charge in [0.1, 0.15) is 10.1 Å². The van der Waals surface area contributed by atoms with Crippen LogP contribution in [0.5, 0.6) is 5.75 Å². The van der Waals surface area contributed by atoms with Gasteiger partial charge in [0, 0.05) is 28.8 Å². The van der Waals surface area contributed by atoms with Gasteiger partial charge in [-0.15, -0.1) is 23.2 Å². The molecule has 6 heteroatoms. The molecule has 0 radical (unpaired) electrons. The number of rotatable bonds is 10. The standard InChI is InChI=1S/C26H30Cl2N2O2/c1-2-3-4-5-6-7-8-18-16-29-22(30-17-18)19-9-11-20(12-10-19)32-23(31)21-15-25(21)24(13-14-24)26(25,27)28/h9-12,16-17,21H,2-8,13-15H2,1H3/t21-,25+/m0/s1. The summed E-state index contributed by atoms with van der Waals surface area (Å²) in [5.41, 5.74) is 1.83. The van der Waals surface area contributed by atoms with Gasteiger partial charge in [-0.05, 0) is 61.9 Å². The second kappa shape index (κ2) is 8.29. The molecule has 1 aromatic heterocycles. The summed E-state index contributed by atoms with van der Waals surface area (Å²) in [7, 11) is 0. The van der Waals surface area contributed by atoms with E-state index in [4.69, 9.17) is 27.9 Å². The number of esters is 1.